The summed E-state index contributed by atoms with van der Waals surface area (Å²) in [7, 11) is 6.24. The lowest BCUT2D eigenvalue weighted by molar-refractivity contribution is -0.138. The molecule has 0 bridgehead atoms. The van der Waals surface area contributed by atoms with Crippen molar-refractivity contribution in [3.63, 3.8) is 0 Å². The third-order valence-electron chi connectivity index (χ3n) is 8.01. The molecule has 0 spiro atoms. The molecule has 2 fully saturated rings. The highest BCUT2D eigenvalue weighted by Crippen LogP contribution is 2.46. The molecule has 0 N–H and O–H groups in total. The van der Waals surface area contributed by atoms with Crippen LogP contribution in [-0.4, -0.2) is 71.3 Å². The SMILES string of the molecule is COc1ccc([C@@H]2[C@@H](C(=O)N3CCN(c4ccccc4)CC3)CCC(=O)N2c2cc(OC)c(OC)c(OC)c2)cc1. The van der Waals surface area contributed by atoms with E-state index in [2.05, 4.69) is 17.0 Å². The average Bonchev–Trinajstić information content (AvgIpc) is 3.04. The van der Waals surface area contributed by atoms with Gasteiger partial charge in [0.15, 0.2) is 11.5 Å². The molecular weight excluding hydrogens is 522 g/mol. The molecule has 0 aromatic heterocycles. The summed E-state index contributed by atoms with van der Waals surface area (Å²) in [4.78, 5) is 33.8. The first-order valence-electron chi connectivity index (χ1n) is 13.8. The van der Waals surface area contributed by atoms with E-state index in [4.69, 9.17) is 18.9 Å². The quantitative estimate of drug-likeness (QED) is 0.401. The Hall–Kier alpha value is -4.40. The van der Waals surface area contributed by atoms with Crippen LogP contribution >= 0.6 is 0 Å². The van der Waals surface area contributed by atoms with E-state index in [-0.39, 0.29) is 18.2 Å². The van der Waals surface area contributed by atoms with E-state index in [1.54, 1.807) is 45.5 Å². The molecule has 2 atom stereocenters. The Morgan fingerprint density at radius 1 is 0.756 bits per heavy atom. The summed E-state index contributed by atoms with van der Waals surface area (Å²) in [6.07, 6.45) is 0.720. The third-order valence-corrected chi connectivity index (χ3v) is 8.01. The van der Waals surface area contributed by atoms with E-state index in [0.717, 1.165) is 24.3 Å². The normalized spacial score (nSPS) is 19.1. The maximum atomic E-state index is 14.2. The van der Waals surface area contributed by atoms with Crippen molar-refractivity contribution in [1.29, 1.82) is 0 Å². The molecular formula is C32H37N3O6. The molecule has 0 unspecified atom stereocenters. The van der Waals surface area contributed by atoms with E-state index in [0.29, 0.717) is 48.2 Å². The van der Waals surface area contributed by atoms with Crippen LogP contribution in [0.1, 0.15) is 24.4 Å². The Balaban J connectivity index is 1.50. The van der Waals surface area contributed by atoms with E-state index in [1.807, 2.05) is 47.4 Å². The Bertz CT molecular complexity index is 1330. The van der Waals surface area contributed by atoms with E-state index in [1.165, 1.54) is 0 Å². The second kappa shape index (κ2) is 12.4. The number of piperidine rings is 1. The third kappa shape index (κ3) is 5.62. The van der Waals surface area contributed by atoms with Gasteiger partial charge < -0.3 is 33.6 Å². The fourth-order valence-corrected chi connectivity index (χ4v) is 5.90. The monoisotopic (exact) mass is 559 g/mol. The number of carbonyl (C=O) groups excluding carboxylic acids is 2. The maximum Gasteiger partial charge on any atom is 0.228 e. The summed E-state index contributed by atoms with van der Waals surface area (Å²) in [6, 6.07) is 20.9. The Morgan fingerprint density at radius 2 is 1.39 bits per heavy atom. The van der Waals surface area contributed by atoms with Gasteiger partial charge in [0.2, 0.25) is 17.6 Å². The highest BCUT2D eigenvalue weighted by molar-refractivity contribution is 5.98. The molecule has 9 heteroatoms. The zero-order valence-corrected chi connectivity index (χ0v) is 24.0. The predicted molar refractivity (Wildman–Crippen MR) is 157 cm³/mol. The first kappa shape index (κ1) is 28.1. The van der Waals surface area contributed by atoms with Crippen LogP contribution in [0.15, 0.2) is 66.7 Å². The minimum Gasteiger partial charge on any atom is -0.497 e. The number of benzene rings is 3. The Labute approximate surface area is 241 Å². The highest BCUT2D eigenvalue weighted by atomic mass is 16.5. The van der Waals surface area contributed by atoms with Gasteiger partial charge in [0.1, 0.15) is 5.75 Å². The van der Waals surface area contributed by atoms with Gasteiger partial charge in [0.25, 0.3) is 0 Å². The molecule has 3 aromatic carbocycles. The molecule has 9 nitrogen and oxygen atoms in total. The lowest BCUT2D eigenvalue weighted by Crippen LogP contribution is -2.54. The van der Waals surface area contributed by atoms with Gasteiger partial charge in [-0.1, -0.05) is 30.3 Å². The smallest absolute Gasteiger partial charge is 0.228 e. The summed E-state index contributed by atoms with van der Waals surface area (Å²) in [6.45, 7) is 2.76. The largest absolute Gasteiger partial charge is 0.497 e. The number of anilines is 2. The fraction of sp³-hybridized carbons (Fsp3) is 0.375. The first-order chi connectivity index (χ1) is 20.0. The zero-order chi connectivity index (χ0) is 28.9. The van der Waals surface area contributed by atoms with Crippen LogP contribution in [0, 0.1) is 5.92 Å². The van der Waals surface area contributed by atoms with Crippen molar-refractivity contribution in [2.24, 2.45) is 5.92 Å². The van der Waals surface area contributed by atoms with Gasteiger partial charge in [-0.05, 0) is 36.2 Å². The van der Waals surface area contributed by atoms with Crippen LogP contribution in [0.3, 0.4) is 0 Å². The van der Waals surface area contributed by atoms with Crippen molar-refractivity contribution in [3.8, 4) is 23.0 Å². The summed E-state index contributed by atoms with van der Waals surface area (Å²) >= 11 is 0. The molecule has 0 radical (unpaired) electrons. The molecule has 2 heterocycles. The van der Waals surface area contributed by atoms with Gasteiger partial charge in [0, 0.05) is 50.4 Å². The van der Waals surface area contributed by atoms with E-state index >= 15 is 0 Å². The standard InChI is InChI=1S/C32H37N3O6/c1-38-25-12-10-22(11-13-25)30-26(32(37)34-18-16-33(17-19-34)23-8-6-5-7-9-23)14-15-29(36)35(30)24-20-27(39-2)31(41-4)28(21-24)40-3/h5-13,20-21,26,30H,14-19H2,1-4H3/t26-,30+/m0/s1. The molecule has 3 aromatic rings. The average molecular weight is 560 g/mol. The van der Waals surface area contributed by atoms with E-state index < -0.39 is 12.0 Å². The van der Waals surface area contributed by atoms with Crippen molar-refractivity contribution in [3.05, 3.63) is 72.3 Å². The second-order valence-corrected chi connectivity index (χ2v) is 10.2. The molecule has 2 aliphatic rings. The molecule has 0 saturated carbocycles. The highest BCUT2D eigenvalue weighted by Gasteiger charge is 2.43. The minimum atomic E-state index is -0.524. The number of ether oxygens (including phenoxy) is 4. The molecule has 2 amide bonds. The van der Waals surface area contributed by atoms with Crippen molar-refractivity contribution in [2.75, 3.05) is 64.4 Å². The van der Waals surface area contributed by atoms with Crippen LogP contribution < -0.4 is 28.7 Å². The number of hydrogen-bond donors (Lipinski definition) is 0. The van der Waals surface area contributed by atoms with Gasteiger partial charge in [-0.2, -0.15) is 0 Å². The maximum absolute atomic E-state index is 14.2. The fourth-order valence-electron chi connectivity index (χ4n) is 5.90. The lowest BCUT2D eigenvalue weighted by atomic mass is 9.82. The summed E-state index contributed by atoms with van der Waals surface area (Å²) in [5.41, 5.74) is 2.60. The van der Waals surface area contributed by atoms with Crippen LogP contribution in [0.2, 0.25) is 0 Å². The molecule has 2 aliphatic heterocycles. The number of piperazine rings is 1. The Kier molecular flexibility index (Phi) is 8.52. The van der Waals surface area contributed by atoms with Gasteiger partial charge in [-0.25, -0.2) is 0 Å². The summed E-state index contributed by atoms with van der Waals surface area (Å²) in [5.74, 6) is 1.58. The van der Waals surface area contributed by atoms with Crippen molar-refractivity contribution in [2.45, 2.75) is 18.9 Å². The van der Waals surface area contributed by atoms with Crippen LogP contribution in [-0.2, 0) is 9.59 Å². The topological polar surface area (TPSA) is 80.8 Å². The van der Waals surface area contributed by atoms with Gasteiger partial charge >= 0.3 is 0 Å². The van der Waals surface area contributed by atoms with E-state index in [9.17, 15) is 9.59 Å². The molecule has 2 saturated heterocycles. The Morgan fingerprint density at radius 3 is 1.95 bits per heavy atom. The minimum absolute atomic E-state index is 0.0588. The zero-order valence-electron chi connectivity index (χ0n) is 24.0. The van der Waals surface area contributed by atoms with Gasteiger partial charge in [-0.3, -0.25) is 9.59 Å². The van der Waals surface area contributed by atoms with Crippen molar-refractivity contribution in [1.82, 2.24) is 4.90 Å². The lowest BCUT2D eigenvalue weighted by Gasteiger charge is -2.44. The molecule has 41 heavy (non-hydrogen) atoms. The second-order valence-electron chi connectivity index (χ2n) is 10.2. The molecule has 216 valence electrons. The van der Waals surface area contributed by atoms with Gasteiger partial charge in [0.05, 0.1) is 46.1 Å². The number of carbonyl (C=O) groups is 2. The first-order valence-corrected chi connectivity index (χ1v) is 13.8. The summed E-state index contributed by atoms with van der Waals surface area (Å²) in [5, 5.41) is 0. The number of amides is 2. The molecule has 0 aliphatic carbocycles. The predicted octanol–water partition coefficient (Wildman–Crippen LogP) is 4.55. The van der Waals surface area contributed by atoms with Crippen LogP contribution in [0.5, 0.6) is 23.0 Å². The number of para-hydroxylation sites is 1. The number of methoxy groups -OCH3 is 4. The van der Waals surface area contributed by atoms with Crippen LogP contribution in [0.4, 0.5) is 11.4 Å². The summed E-state index contributed by atoms with van der Waals surface area (Å²) < 4.78 is 22.1. The van der Waals surface area contributed by atoms with Crippen molar-refractivity contribution >= 4 is 23.2 Å². The van der Waals surface area contributed by atoms with Gasteiger partial charge in [-0.15, -0.1) is 0 Å². The number of rotatable bonds is 8. The molecule has 5 rings (SSSR count). The van der Waals surface area contributed by atoms with Crippen molar-refractivity contribution < 1.29 is 28.5 Å². The number of hydrogen-bond acceptors (Lipinski definition) is 7. The number of nitrogens with zero attached hydrogens (tertiary/aromatic N) is 3. The van der Waals surface area contributed by atoms with Crippen LogP contribution in [0.25, 0.3) is 0 Å².